The molecule has 1 aromatic carbocycles. The number of hydrogen-bond donors (Lipinski definition) is 1. The maximum atomic E-state index is 9.28. The first kappa shape index (κ1) is 10.6. The summed E-state index contributed by atoms with van der Waals surface area (Å²) in [6, 6.07) is 6.14. The molecule has 0 fully saturated rings. The fraction of sp³-hybridized carbons (Fsp3) is 0.200. The van der Waals surface area contributed by atoms with Gasteiger partial charge >= 0.3 is 0 Å². The van der Waals surface area contributed by atoms with Crippen molar-refractivity contribution in [2.45, 2.75) is 11.9 Å². The monoisotopic (exact) mass is 334 g/mol. The van der Waals surface area contributed by atoms with E-state index in [-0.39, 0.29) is 6.61 Å². The van der Waals surface area contributed by atoms with Crippen molar-refractivity contribution in [3.8, 4) is 0 Å². The largest absolute Gasteiger partial charge is 0.392 e. The molecule has 0 saturated heterocycles. The molecule has 0 aliphatic rings. The summed E-state index contributed by atoms with van der Waals surface area (Å²) < 4.78 is 2.30. The van der Waals surface area contributed by atoms with Crippen molar-refractivity contribution in [2.75, 3.05) is 0 Å². The SMILES string of the molecule is OCc1c(CBr)sc2cc(Br)ccc12. The summed E-state index contributed by atoms with van der Waals surface area (Å²) in [7, 11) is 0. The number of fused-ring (bicyclic) bond motifs is 1. The van der Waals surface area contributed by atoms with Crippen molar-refractivity contribution in [2.24, 2.45) is 0 Å². The highest BCUT2D eigenvalue weighted by atomic mass is 79.9. The molecule has 0 radical (unpaired) electrons. The van der Waals surface area contributed by atoms with Crippen molar-refractivity contribution < 1.29 is 5.11 Å². The predicted octanol–water partition coefficient (Wildman–Crippen LogP) is 4.05. The summed E-state index contributed by atoms with van der Waals surface area (Å²) in [6.07, 6.45) is 0. The Kier molecular flexibility index (Phi) is 3.27. The van der Waals surface area contributed by atoms with Crippen LogP contribution in [0.4, 0.5) is 0 Å². The van der Waals surface area contributed by atoms with E-state index in [9.17, 15) is 5.11 Å². The predicted molar refractivity (Wildman–Crippen MR) is 68.1 cm³/mol. The van der Waals surface area contributed by atoms with Crippen molar-refractivity contribution in [3.63, 3.8) is 0 Å². The van der Waals surface area contributed by atoms with Crippen LogP contribution in [0.3, 0.4) is 0 Å². The maximum absolute atomic E-state index is 9.28. The van der Waals surface area contributed by atoms with Gasteiger partial charge in [0, 0.05) is 24.9 Å². The van der Waals surface area contributed by atoms with Gasteiger partial charge in [0.15, 0.2) is 0 Å². The van der Waals surface area contributed by atoms with E-state index in [4.69, 9.17) is 0 Å². The zero-order valence-electron chi connectivity index (χ0n) is 7.26. The molecule has 0 saturated carbocycles. The number of rotatable bonds is 2. The van der Waals surface area contributed by atoms with E-state index in [0.717, 1.165) is 20.8 Å². The van der Waals surface area contributed by atoms with Gasteiger partial charge in [-0.1, -0.05) is 37.9 Å². The average Bonchev–Trinajstić information content (AvgIpc) is 2.54. The number of hydrogen-bond acceptors (Lipinski definition) is 2. The number of benzene rings is 1. The lowest BCUT2D eigenvalue weighted by molar-refractivity contribution is 0.283. The van der Waals surface area contributed by atoms with Gasteiger partial charge in [-0.25, -0.2) is 0 Å². The molecular formula is C10H8Br2OS. The van der Waals surface area contributed by atoms with Gasteiger partial charge < -0.3 is 5.11 Å². The van der Waals surface area contributed by atoms with Crippen LogP contribution >= 0.6 is 43.2 Å². The maximum Gasteiger partial charge on any atom is 0.0699 e. The fourth-order valence-corrected chi connectivity index (χ4v) is 3.75. The number of aliphatic hydroxyl groups is 1. The summed E-state index contributed by atoms with van der Waals surface area (Å²) in [4.78, 5) is 1.21. The van der Waals surface area contributed by atoms with Crippen LogP contribution in [0.15, 0.2) is 22.7 Å². The highest BCUT2D eigenvalue weighted by Gasteiger charge is 2.10. The highest BCUT2D eigenvalue weighted by molar-refractivity contribution is 9.10. The molecule has 14 heavy (non-hydrogen) atoms. The Morgan fingerprint density at radius 3 is 2.79 bits per heavy atom. The lowest BCUT2D eigenvalue weighted by Gasteiger charge is -1.96. The van der Waals surface area contributed by atoms with E-state index in [1.165, 1.54) is 9.58 Å². The topological polar surface area (TPSA) is 20.2 Å². The minimum Gasteiger partial charge on any atom is -0.392 e. The van der Waals surface area contributed by atoms with Crippen LogP contribution in [0.5, 0.6) is 0 Å². The van der Waals surface area contributed by atoms with Crippen LogP contribution in [-0.2, 0) is 11.9 Å². The minimum absolute atomic E-state index is 0.114. The van der Waals surface area contributed by atoms with Crippen LogP contribution in [0.25, 0.3) is 10.1 Å². The zero-order chi connectivity index (χ0) is 10.1. The Morgan fingerprint density at radius 1 is 1.36 bits per heavy atom. The zero-order valence-corrected chi connectivity index (χ0v) is 11.2. The van der Waals surface area contributed by atoms with Crippen molar-refractivity contribution in [3.05, 3.63) is 33.1 Å². The van der Waals surface area contributed by atoms with Crippen LogP contribution in [-0.4, -0.2) is 5.11 Å². The molecule has 0 aliphatic heterocycles. The first-order valence-corrected chi connectivity index (χ1v) is 6.86. The standard InChI is InChI=1S/C10H8Br2OS/c11-4-10-8(5-13)7-2-1-6(12)3-9(7)14-10/h1-3,13H,4-5H2. The second-order valence-corrected chi connectivity index (χ2v) is 5.55. The number of alkyl halides is 1. The molecule has 0 amide bonds. The van der Waals surface area contributed by atoms with Crippen LogP contribution in [0, 0.1) is 0 Å². The normalized spacial score (nSPS) is 11.1. The van der Waals surface area contributed by atoms with E-state index in [2.05, 4.69) is 37.9 Å². The van der Waals surface area contributed by atoms with Gasteiger partial charge in [-0.15, -0.1) is 11.3 Å². The van der Waals surface area contributed by atoms with Crippen LogP contribution < -0.4 is 0 Å². The number of thiophene rings is 1. The van der Waals surface area contributed by atoms with E-state index < -0.39 is 0 Å². The lowest BCUT2D eigenvalue weighted by atomic mass is 10.1. The molecule has 1 aromatic heterocycles. The van der Waals surface area contributed by atoms with E-state index in [0.29, 0.717) is 0 Å². The molecule has 1 nitrogen and oxygen atoms in total. The third-order valence-electron chi connectivity index (χ3n) is 2.12. The third-order valence-corrected chi connectivity index (χ3v) is 4.74. The Hall–Kier alpha value is 0.1000. The van der Waals surface area contributed by atoms with E-state index in [1.807, 2.05) is 12.1 Å². The molecule has 4 heteroatoms. The average molecular weight is 336 g/mol. The second-order valence-electron chi connectivity index (χ2n) is 2.94. The molecule has 0 spiro atoms. The Balaban J connectivity index is 2.73. The Bertz CT molecular complexity index is 464. The molecular weight excluding hydrogens is 328 g/mol. The molecule has 2 rings (SSSR count). The quantitative estimate of drug-likeness (QED) is 0.821. The van der Waals surface area contributed by atoms with Crippen molar-refractivity contribution in [1.29, 1.82) is 0 Å². The molecule has 0 bridgehead atoms. The minimum atomic E-state index is 0.114. The van der Waals surface area contributed by atoms with Crippen LogP contribution in [0.2, 0.25) is 0 Å². The van der Waals surface area contributed by atoms with Gasteiger partial charge in [0.1, 0.15) is 0 Å². The Labute approximate surface area is 103 Å². The lowest BCUT2D eigenvalue weighted by Crippen LogP contribution is -1.84. The van der Waals surface area contributed by atoms with Gasteiger partial charge in [-0.3, -0.25) is 0 Å². The summed E-state index contributed by atoms with van der Waals surface area (Å²) in [5, 5.41) is 11.2. The summed E-state index contributed by atoms with van der Waals surface area (Å²) in [6.45, 7) is 0.114. The highest BCUT2D eigenvalue weighted by Crippen LogP contribution is 2.34. The summed E-state index contributed by atoms with van der Waals surface area (Å²) >= 11 is 8.60. The molecule has 0 aliphatic carbocycles. The van der Waals surface area contributed by atoms with Crippen molar-refractivity contribution in [1.82, 2.24) is 0 Å². The van der Waals surface area contributed by atoms with Gasteiger partial charge in [0.05, 0.1) is 6.61 Å². The number of aliphatic hydroxyl groups excluding tert-OH is 1. The van der Waals surface area contributed by atoms with Gasteiger partial charge in [-0.05, 0) is 17.5 Å². The first-order chi connectivity index (χ1) is 6.76. The van der Waals surface area contributed by atoms with E-state index in [1.54, 1.807) is 11.3 Å². The molecule has 1 N–H and O–H groups in total. The molecule has 2 aromatic rings. The van der Waals surface area contributed by atoms with Gasteiger partial charge in [0.2, 0.25) is 0 Å². The fourth-order valence-electron chi connectivity index (χ4n) is 1.46. The second kappa shape index (κ2) is 4.31. The van der Waals surface area contributed by atoms with Crippen molar-refractivity contribution >= 4 is 53.3 Å². The molecule has 1 heterocycles. The van der Waals surface area contributed by atoms with Gasteiger partial charge in [0.25, 0.3) is 0 Å². The van der Waals surface area contributed by atoms with Gasteiger partial charge in [-0.2, -0.15) is 0 Å². The molecule has 0 unspecified atom stereocenters. The smallest absolute Gasteiger partial charge is 0.0699 e. The summed E-state index contributed by atoms with van der Waals surface area (Å²) in [5.41, 5.74) is 1.05. The Morgan fingerprint density at radius 2 is 2.14 bits per heavy atom. The van der Waals surface area contributed by atoms with E-state index >= 15 is 0 Å². The number of halogens is 2. The molecule has 74 valence electrons. The molecule has 0 atom stereocenters. The van der Waals surface area contributed by atoms with Crippen LogP contribution in [0.1, 0.15) is 10.4 Å². The summed E-state index contributed by atoms with van der Waals surface area (Å²) in [5.74, 6) is 0. The first-order valence-electron chi connectivity index (χ1n) is 4.13. The third kappa shape index (κ3) is 1.76.